The molecule has 1 N–H and O–H groups in total. The molecule has 0 amide bonds. The first-order valence-corrected chi connectivity index (χ1v) is 11.0. The quantitative estimate of drug-likeness (QED) is 0.334. The van der Waals surface area contributed by atoms with Gasteiger partial charge < -0.3 is 4.57 Å². The van der Waals surface area contributed by atoms with Gasteiger partial charge in [0.05, 0.1) is 6.54 Å². The van der Waals surface area contributed by atoms with Crippen molar-refractivity contribution in [3.63, 3.8) is 0 Å². The van der Waals surface area contributed by atoms with Crippen LogP contribution in [0.15, 0.2) is 69.3 Å². The number of nitrogens with one attached hydrogen (secondary N) is 1. The van der Waals surface area contributed by atoms with Crippen molar-refractivity contribution >= 4 is 34.4 Å². The zero-order chi connectivity index (χ0) is 23.5. The molecule has 0 spiro atoms. The largest absolute Gasteiger partial charge is 0.332 e. The smallest absolute Gasteiger partial charge is 0.306 e. The summed E-state index contributed by atoms with van der Waals surface area (Å²) in [5.74, 6) is 0.389. The fourth-order valence-corrected chi connectivity index (χ4v) is 3.75. The molecule has 33 heavy (non-hydrogen) atoms. The van der Waals surface area contributed by atoms with E-state index in [0.29, 0.717) is 22.1 Å². The third-order valence-electron chi connectivity index (χ3n) is 5.58. The molecule has 0 aliphatic carbocycles. The summed E-state index contributed by atoms with van der Waals surface area (Å²) in [5, 5.41) is 5.01. The van der Waals surface area contributed by atoms with E-state index in [0.717, 1.165) is 24.1 Å². The highest BCUT2D eigenvalue weighted by Crippen LogP contribution is 2.15. The summed E-state index contributed by atoms with van der Waals surface area (Å²) in [6.45, 7) is 2.08. The van der Waals surface area contributed by atoms with E-state index in [1.165, 1.54) is 14.7 Å². The molecule has 4 aromatic rings. The van der Waals surface area contributed by atoms with Gasteiger partial charge in [0.25, 0.3) is 5.56 Å². The van der Waals surface area contributed by atoms with Gasteiger partial charge in [-0.15, -0.1) is 0 Å². The van der Waals surface area contributed by atoms with Gasteiger partial charge in [0, 0.05) is 24.8 Å². The number of hydrazone groups is 1. The molecule has 0 fully saturated rings. The number of anilines is 1. The summed E-state index contributed by atoms with van der Waals surface area (Å²) in [6, 6.07) is 17.2. The lowest BCUT2D eigenvalue weighted by Crippen LogP contribution is -2.39. The number of fused-ring (bicyclic) bond motifs is 1. The van der Waals surface area contributed by atoms with Gasteiger partial charge in [0.1, 0.15) is 0 Å². The molecule has 170 valence electrons. The highest BCUT2D eigenvalue weighted by Gasteiger charge is 2.18. The van der Waals surface area contributed by atoms with E-state index in [9.17, 15) is 9.59 Å². The van der Waals surface area contributed by atoms with E-state index in [-0.39, 0.29) is 6.54 Å². The standard InChI is InChI=1S/C24H25ClN6O2/c1-16(9-10-17-7-5-4-6-8-17)27-28-23-26-21-20(29(23)2)22(32)31(24(33)30(21)3)15-18-11-13-19(25)14-12-18/h4-8,11-14H,9-10,15H2,1-3H3,(H,26,28)/b27-16-. The number of rotatable bonds is 7. The van der Waals surface area contributed by atoms with Crippen LogP contribution in [0.4, 0.5) is 5.95 Å². The number of aryl methyl sites for hydroxylation is 3. The van der Waals surface area contributed by atoms with Gasteiger partial charge in [-0.05, 0) is 43.0 Å². The Balaban J connectivity index is 1.62. The maximum absolute atomic E-state index is 13.2. The summed E-state index contributed by atoms with van der Waals surface area (Å²) in [6.07, 6.45) is 1.66. The molecule has 0 atom stereocenters. The van der Waals surface area contributed by atoms with Crippen LogP contribution in [0.5, 0.6) is 0 Å². The Kier molecular flexibility index (Phi) is 6.46. The minimum Gasteiger partial charge on any atom is -0.306 e. The molecular weight excluding hydrogens is 440 g/mol. The molecule has 9 heteroatoms. The summed E-state index contributed by atoms with van der Waals surface area (Å²) in [5.41, 5.74) is 5.68. The zero-order valence-corrected chi connectivity index (χ0v) is 19.5. The summed E-state index contributed by atoms with van der Waals surface area (Å²) < 4.78 is 4.21. The lowest BCUT2D eigenvalue weighted by molar-refractivity contribution is 0.655. The maximum atomic E-state index is 13.2. The zero-order valence-electron chi connectivity index (χ0n) is 18.7. The van der Waals surface area contributed by atoms with Crippen molar-refractivity contribution in [2.45, 2.75) is 26.3 Å². The fraction of sp³-hybridized carbons (Fsp3) is 0.250. The highest BCUT2D eigenvalue weighted by atomic mass is 35.5. The van der Waals surface area contributed by atoms with E-state index in [2.05, 4.69) is 27.6 Å². The van der Waals surface area contributed by atoms with Crippen molar-refractivity contribution in [1.29, 1.82) is 0 Å². The van der Waals surface area contributed by atoms with Gasteiger partial charge in [0.2, 0.25) is 5.95 Å². The van der Waals surface area contributed by atoms with Gasteiger partial charge in [-0.1, -0.05) is 54.1 Å². The Morgan fingerprint density at radius 1 is 1.00 bits per heavy atom. The van der Waals surface area contributed by atoms with Crippen molar-refractivity contribution < 1.29 is 0 Å². The van der Waals surface area contributed by atoms with Crippen LogP contribution in [-0.4, -0.2) is 24.4 Å². The first-order valence-electron chi connectivity index (χ1n) is 10.6. The second kappa shape index (κ2) is 9.46. The van der Waals surface area contributed by atoms with E-state index in [1.807, 2.05) is 25.1 Å². The molecule has 0 aliphatic rings. The molecule has 0 saturated heterocycles. The molecule has 2 heterocycles. The van der Waals surface area contributed by atoms with Gasteiger partial charge in [0.15, 0.2) is 11.2 Å². The molecule has 2 aromatic carbocycles. The van der Waals surface area contributed by atoms with E-state index >= 15 is 0 Å². The Labute approximate surface area is 195 Å². The summed E-state index contributed by atoms with van der Waals surface area (Å²) in [4.78, 5) is 30.5. The number of halogens is 1. The first-order chi connectivity index (χ1) is 15.8. The number of hydrogen-bond acceptors (Lipinski definition) is 5. The minimum atomic E-state index is -0.436. The Bertz CT molecular complexity index is 1430. The molecule has 0 unspecified atom stereocenters. The molecule has 0 saturated carbocycles. The fourth-order valence-electron chi connectivity index (χ4n) is 3.63. The van der Waals surface area contributed by atoms with E-state index in [4.69, 9.17) is 11.6 Å². The maximum Gasteiger partial charge on any atom is 0.332 e. The van der Waals surface area contributed by atoms with Crippen LogP contribution in [0.1, 0.15) is 24.5 Å². The minimum absolute atomic E-state index is 0.142. The van der Waals surface area contributed by atoms with Gasteiger partial charge >= 0.3 is 5.69 Å². The van der Waals surface area contributed by atoms with E-state index in [1.54, 1.807) is 42.9 Å². The van der Waals surface area contributed by atoms with Gasteiger partial charge in [-0.2, -0.15) is 10.1 Å². The number of imidazole rings is 1. The third kappa shape index (κ3) is 4.75. The van der Waals surface area contributed by atoms with Crippen molar-refractivity contribution in [2.75, 3.05) is 5.43 Å². The van der Waals surface area contributed by atoms with Crippen LogP contribution < -0.4 is 16.7 Å². The number of nitrogens with zero attached hydrogens (tertiary/aromatic N) is 5. The lowest BCUT2D eigenvalue weighted by Gasteiger charge is -2.09. The Hall–Kier alpha value is -3.65. The predicted octanol–water partition coefficient (Wildman–Crippen LogP) is 3.56. The average molecular weight is 465 g/mol. The SMILES string of the molecule is C/C(CCc1ccccc1)=N/Nc1nc2c(c(=O)n(Cc3ccc(Cl)cc3)c(=O)n2C)n1C. The molecule has 0 aliphatic heterocycles. The average Bonchev–Trinajstić information content (AvgIpc) is 3.16. The van der Waals surface area contributed by atoms with Crippen LogP contribution in [0, 0.1) is 0 Å². The molecule has 4 rings (SSSR count). The molecule has 0 radical (unpaired) electrons. The van der Waals surface area contributed by atoms with Crippen LogP contribution in [0.2, 0.25) is 5.02 Å². The topological polar surface area (TPSA) is 86.2 Å². The van der Waals surface area contributed by atoms with Gasteiger partial charge in [-0.25, -0.2) is 10.2 Å². The Morgan fingerprint density at radius 3 is 2.39 bits per heavy atom. The molecular formula is C24H25ClN6O2. The van der Waals surface area contributed by atoms with Crippen LogP contribution >= 0.6 is 11.6 Å². The van der Waals surface area contributed by atoms with E-state index < -0.39 is 11.2 Å². The van der Waals surface area contributed by atoms with Crippen LogP contribution in [0.25, 0.3) is 11.2 Å². The van der Waals surface area contributed by atoms with Crippen molar-refractivity contribution in [3.05, 3.63) is 91.6 Å². The second-order valence-electron chi connectivity index (χ2n) is 7.97. The first kappa shape index (κ1) is 22.5. The summed E-state index contributed by atoms with van der Waals surface area (Å²) in [7, 11) is 3.33. The molecule has 2 aromatic heterocycles. The van der Waals surface area contributed by atoms with Crippen molar-refractivity contribution in [1.82, 2.24) is 18.7 Å². The number of aromatic nitrogens is 4. The monoisotopic (exact) mass is 464 g/mol. The van der Waals surface area contributed by atoms with Crippen molar-refractivity contribution in [2.24, 2.45) is 19.2 Å². The third-order valence-corrected chi connectivity index (χ3v) is 5.83. The molecule has 8 nitrogen and oxygen atoms in total. The number of benzene rings is 2. The number of hydrogen-bond donors (Lipinski definition) is 1. The second-order valence-corrected chi connectivity index (χ2v) is 8.41. The lowest BCUT2D eigenvalue weighted by atomic mass is 10.1. The highest BCUT2D eigenvalue weighted by molar-refractivity contribution is 6.30. The predicted molar refractivity (Wildman–Crippen MR) is 132 cm³/mol. The van der Waals surface area contributed by atoms with Crippen molar-refractivity contribution in [3.8, 4) is 0 Å². The normalized spacial score (nSPS) is 11.8. The summed E-state index contributed by atoms with van der Waals surface area (Å²) >= 11 is 5.94. The Morgan fingerprint density at radius 2 is 1.70 bits per heavy atom. The van der Waals surface area contributed by atoms with Gasteiger partial charge in [-0.3, -0.25) is 13.9 Å². The molecule has 0 bridgehead atoms. The van der Waals surface area contributed by atoms with Crippen LogP contribution in [0.3, 0.4) is 0 Å². The van der Waals surface area contributed by atoms with Crippen LogP contribution in [-0.2, 0) is 27.1 Å².